The van der Waals surface area contributed by atoms with Gasteiger partial charge in [-0.25, -0.2) is 4.98 Å². The van der Waals surface area contributed by atoms with Crippen LogP contribution in [0.4, 0.5) is 19.0 Å². The number of nitrogen functional groups attached to an aromatic ring is 1. The van der Waals surface area contributed by atoms with Crippen LogP contribution >= 0.6 is 15.9 Å². The van der Waals surface area contributed by atoms with Gasteiger partial charge in [-0.3, -0.25) is 0 Å². The molecule has 0 spiro atoms. The molecule has 0 saturated heterocycles. The van der Waals surface area contributed by atoms with E-state index in [1.165, 1.54) is 24.4 Å². The molecule has 0 radical (unpaired) electrons. The summed E-state index contributed by atoms with van der Waals surface area (Å²) in [6.45, 7) is 0. The predicted molar refractivity (Wildman–Crippen MR) is 66.8 cm³/mol. The maximum atomic E-state index is 12.9. The molecule has 2 aromatic rings. The van der Waals surface area contributed by atoms with Crippen LogP contribution in [0.2, 0.25) is 0 Å². The van der Waals surface area contributed by atoms with Crippen molar-refractivity contribution >= 4 is 21.7 Å². The zero-order valence-electron chi connectivity index (χ0n) is 9.00. The number of rotatable bonds is 1. The third kappa shape index (κ3) is 2.48. The van der Waals surface area contributed by atoms with E-state index in [1.54, 1.807) is 6.07 Å². The number of aromatic nitrogens is 1. The molecule has 2 N–H and O–H groups in total. The normalized spacial score (nSPS) is 11.6. The minimum Gasteiger partial charge on any atom is -0.384 e. The highest BCUT2D eigenvalue weighted by Crippen LogP contribution is 2.39. The molecule has 0 amide bonds. The third-order valence-corrected chi connectivity index (χ3v) is 3.05. The van der Waals surface area contributed by atoms with Crippen LogP contribution < -0.4 is 5.73 Å². The van der Waals surface area contributed by atoms with Crippen molar-refractivity contribution in [2.75, 3.05) is 5.73 Å². The van der Waals surface area contributed by atoms with Crippen molar-refractivity contribution in [2.45, 2.75) is 6.18 Å². The van der Waals surface area contributed by atoms with Gasteiger partial charge in [0.25, 0.3) is 0 Å². The summed E-state index contributed by atoms with van der Waals surface area (Å²) < 4.78 is 39.1. The highest BCUT2D eigenvalue weighted by atomic mass is 79.9. The van der Waals surface area contributed by atoms with Gasteiger partial charge in [-0.1, -0.05) is 18.2 Å². The summed E-state index contributed by atoms with van der Waals surface area (Å²) in [6.07, 6.45) is -3.08. The van der Waals surface area contributed by atoms with Crippen LogP contribution in [-0.2, 0) is 6.18 Å². The molecule has 2 rings (SSSR count). The molecule has 0 atom stereocenters. The Labute approximate surface area is 110 Å². The Morgan fingerprint density at radius 2 is 1.78 bits per heavy atom. The maximum Gasteiger partial charge on any atom is 0.417 e. The molecule has 0 unspecified atom stereocenters. The maximum absolute atomic E-state index is 12.9. The molecule has 0 aliphatic carbocycles. The Balaban J connectivity index is 2.64. The second kappa shape index (κ2) is 4.61. The zero-order chi connectivity index (χ0) is 13.3. The zero-order valence-corrected chi connectivity index (χ0v) is 10.6. The SMILES string of the molecule is Nc1cc(Br)c(-c2ccccc2C(F)(F)F)cn1. The Kier molecular flexibility index (Phi) is 3.30. The second-order valence-corrected chi connectivity index (χ2v) is 4.49. The fourth-order valence-corrected chi connectivity index (χ4v) is 2.16. The van der Waals surface area contributed by atoms with Crippen LogP contribution in [-0.4, -0.2) is 4.98 Å². The molecule has 0 fully saturated rings. The molecule has 0 aliphatic heterocycles. The number of anilines is 1. The van der Waals surface area contributed by atoms with Crippen molar-refractivity contribution in [3.63, 3.8) is 0 Å². The first-order valence-corrected chi connectivity index (χ1v) is 5.76. The van der Waals surface area contributed by atoms with Gasteiger partial charge in [0.2, 0.25) is 0 Å². The van der Waals surface area contributed by atoms with Crippen molar-refractivity contribution < 1.29 is 13.2 Å². The lowest BCUT2D eigenvalue weighted by Gasteiger charge is -2.13. The van der Waals surface area contributed by atoms with E-state index in [-0.39, 0.29) is 11.4 Å². The fraction of sp³-hybridized carbons (Fsp3) is 0.0833. The smallest absolute Gasteiger partial charge is 0.384 e. The minimum absolute atomic E-state index is 0.0735. The van der Waals surface area contributed by atoms with Crippen LogP contribution in [0.3, 0.4) is 0 Å². The summed E-state index contributed by atoms with van der Waals surface area (Å²) in [7, 11) is 0. The van der Waals surface area contributed by atoms with E-state index in [4.69, 9.17) is 5.73 Å². The van der Waals surface area contributed by atoms with Gasteiger partial charge in [-0.05, 0) is 33.6 Å². The number of benzene rings is 1. The van der Waals surface area contributed by atoms with Crippen LogP contribution in [0.15, 0.2) is 41.0 Å². The summed E-state index contributed by atoms with van der Waals surface area (Å²) in [5.74, 6) is 0.245. The Hall–Kier alpha value is -1.56. The van der Waals surface area contributed by atoms with Gasteiger partial charge in [0.05, 0.1) is 5.56 Å². The Morgan fingerprint density at radius 1 is 1.11 bits per heavy atom. The van der Waals surface area contributed by atoms with Crippen LogP contribution in [0.1, 0.15) is 5.56 Å². The van der Waals surface area contributed by atoms with E-state index < -0.39 is 11.7 Å². The first-order chi connectivity index (χ1) is 8.39. The summed E-state index contributed by atoms with van der Waals surface area (Å²) in [5, 5.41) is 0. The summed E-state index contributed by atoms with van der Waals surface area (Å²) >= 11 is 3.20. The van der Waals surface area contributed by atoms with E-state index in [1.807, 2.05) is 0 Å². The molecule has 18 heavy (non-hydrogen) atoms. The van der Waals surface area contributed by atoms with Crippen molar-refractivity contribution in [1.82, 2.24) is 4.98 Å². The van der Waals surface area contributed by atoms with Gasteiger partial charge in [0.15, 0.2) is 0 Å². The highest BCUT2D eigenvalue weighted by molar-refractivity contribution is 9.10. The third-order valence-electron chi connectivity index (χ3n) is 2.40. The van der Waals surface area contributed by atoms with Gasteiger partial charge in [-0.2, -0.15) is 13.2 Å². The van der Waals surface area contributed by atoms with Gasteiger partial charge < -0.3 is 5.73 Å². The lowest BCUT2D eigenvalue weighted by molar-refractivity contribution is -0.137. The lowest BCUT2D eigenvalue weighted by atomic mass is 10.0. The number of nitrogens with two attached hydrogens (primary N) is 1. The average molecular weight is 317 g/mol. The van der Waals surface area contributed by atoms with Gasteiger partial charge in [0.1, 0.15) is 5.82 Å². The van der Waals surface area contributed by atoms with Crippen molar-refractivity contribution in [1.29, 1.82) is 0 Å². The number of alkyl halides is 3. The number of nitrogens with zero attached hydrogens (tertiary/aromatic N) is 1. The Bertz CT molecular complexity index is 582. The van der Waals surface area contributed by atoms with Crippen molar-refractivity contribution in [2.24, 2.45) is 0 Å². The van der Waals surface area contributed by atoms with E-state index >= 15 is 0 Å². The number of hydrogen-bond acceptors (Lipinski definition) is 2. The van der Waals surface area contributed by atoms with Crippen LogP contribution in [0.25, 0.3) is 11.1 Å². The van der Waals surface area contributed by atoms with Gasteiger partial charge in [0, 0.05) is 16.2 Å². The molecule has 0 aliphatic rings. The minimum atomic E-state index is -4.41. The van der Waals surface area contributed by atoms with Gasteiger partial charge in [-0.15, -0.1) is 0 Å². The van der Waals surface area contributed by atoms with E-state index in [0.717, 1.165) is 6.07 Å². The quantitative estimate of drug-likeness (QED) is 0.859. The fourth-order valence-electron chi connectivity index (χ4n) is 1.61. The summed E-state index contributed by atoms with van der Waals surface area (Å²) in [4.78, 5) is 3.82. The van der Waals surface area contributed by atoms with Crippen LogP contribution in [0.5, 0.6) is 0 Å². The molecular weight excluding hydrogens is 309 g/mol. The lowest BCUT2D eigenvalue weighted by Crippen LogP contribution is -2.07. The molecule has 0 bridgehead atoms. The van der Waals surface area contributed by atoms with Crippen LogP contribution in [0, 0.1) is 0 Å². The summed E-state index contributed by atoms with van der Waals surface area (Å²) in [5.41, 5.74) is 5.20. The molecular formula is C12H8BrF3N2. The largest absolute Gasteiger partial charge is 0.417 e. The molecule has 2 nitrogen and oxygen atoms in total. The van der Waals surface area contributed by atoms with E-state index in [2.05, 4.69) is 20.9 Å². The highest BCUT2D eigenvalue weighted by Gasteiger charge is 2.33. The van der Waals surface area contributed by atoms with E-state index in [9.17, 15) is 13.2 Å². The average Bonchev–Trinajstić information content (AvgIpc) is 2.28. The summed E-state index contributed by atoms with van der Waals surface area (Å²) in [6, 6.07) is 6.82. The predicted octanol–water partition coefficient (Wildman–Crippen LogP) is 4.11. The standard InChI is InChI=1S/C12H8BrF3N2/c13-10-5-11(17)18-6-8(10)7-3-1-2-4-9(7)12(14,15)16/h1-6H,(H2,17,18). The molecule has 0 saturated carbocycles. The Morgan fingerprint density at radius 3 is 2.39 bits per heavy atom. The number of halogens is 4. The number of hydrogen-bond donors (Lipinski definition) is 1. The molecule has 1 aromatic carbocycles. The first-order valence-electron chi connectivity index (χ1n) is 4.97. The second-order valence-electron chi connectivity index (χ2n) is 3.63. The number of pyridine rings is 1. The molecule has 1 aromatic heterocycles. The van der Waals surface area contributed by atoms with E-state index in [0.29, 0.717) is 10.0 Å². The molecule has 6 heteroatoms. The monoisotopic (exact) mass is 316 g/mol. The topological polar surface area (TPSA) is 38.9 Å². The molecule has 1 heterocycles. The van der Waals surface area contributed by atoms with Crippen molar-refractivity contribution in [3.8, 4) is 11.1 Å². The van der Waals surface area contributed by atoms with Crippen molar-refractivity contribution in [3.05, 3.63) is 46.6 Å². The first kappa shape index (κ1) is 12.9. The van der Waals surface area contributed by atoms with Gasteiger partial charge >= 0.3 is 6.18 Å². The molecule has 94 valence electrons.